The summed E-state index contributed by atoms with van der Waals surface area (Å²) < 4.78 is 11.0. The molecule has 24 heavy (non-hydrogen) atoms. The summed E-state index contributed by atoms with van der Waals surface area (Å²) >= 11 is 6.14. The predicted octanol–water partition coefficient (Wildman–Crippen LogP) is 4.49. The summed E-state index contributed by atoms with van der Waals surface area (Å²) in [4.78, 5) is 4.24. The number of para-hydroxylation sites is 1. The van der Waals surface area contributed by atoms with E-state index in [0.717, 1.165) is 5.56 Å². The number of oxazole rings is 1. The second-order valence-electron chi connectivity index (χ2n) is 4.95. The Kier molecular flexibility index (Phi) is 4.69. The van der Waals surface area contributed by atoms with Crippen LogP contribution in [0.15, 0.2) is 52.9 Å². The largest absolute Gasteiger partial charge is 0.496 e. The van der Waals surface area contributed by atoms with Crippen molar-refractivity contribution in [3.05, 3.63) is 64.8 Å². The molecule has 3 aromatic rings. The molecule has 0 saturated heterocycles. The molecule has 6 heteroatoms. The first-order valence-electron chi connectivity index (χ1n) is 7.24. The van der Waals surface area contributed by atoms with Crippen LogP contribution >= 0.6 is 11.6 Å². The topological polar surface area (TPSA) is 71.1 Å². The van der Waals surface area contributed by atoms with Crippen LogP contribution in [0, 0.1) is 11.3 Å². The average Bonchev–Trinajstić information content (AvgIpc) is 3.04. The van der Waals surface area contributed by atoms with E-state index >= 15 is 0 Å². The van der Waals surface area contributed by atoms with E-state index in [4.69, 9.17) is 20.8 Å². The molecule has 0 aliphatic rings. The average molecular weight is 340 g/mol. The fourth-order valence-corrected chi connectivity index (χ4v) is 2.47. The molecule has 1 N–H and O–H groups in total. The van der Waals surface area contributed by atoms with E-state index in [0.29, 0.717) is 34.7 Å². The fourth-order valence-electron chi connectivity index (χ4n) is 2.27. The van der Waals surface area contributed by atoms with Gasteiger partial charge in [0.2, 0.25) is 17.5 Å². The van der Waals surface area contributed by atoms with Crippen LogP contribution < -0.4 is 10.1 Å². The van der Waals surface area contributed by atoms with E-state index in [1.165, 1.54) is 0 Å². The number of nitrogens with one attached hydrogen (secondary N) is 1. The molecule has 2 aromatic carbocycles. The molecule has 0 aliphatic heterocycles. The zero-order valence-electron chi connectivity index (χ0n) is 12.9. The Bertz CT molecular complexity index is 899. The number of ether oxygens (including phenoxy) is 1. The van der Waals surface area contributed by atoms with Crippen LogP contribution in [0.3, 0.4) is 0 Å². The molecule has 0 radical (unpaired) electrons. The molecule has 120 valence electrons. The standard InChI is InChI=1S/C18H14ClN3O2/c1-23-16-9-5-3-7-13(16)17-22-15(10-20)18(24-17)21-11-12-6-2-4-8-14(12)19/h2-9,21H,11H2,1H3. The van der Waals surface area contributed by atoms with Gasteiger partial charge in [0, 0.05) is 11.6 Å². The lowest BCUT2D eigenvalue weighted by atomic mass is 10.2. The van der Waals surface area contributed by atoms with Crippen LogP contribution in [0.25, 0.3) is 11.5 Å². The Morgan fingerprint density at radius 3 is 2.71 bits per heavy atom. The van der Waals surface area contributed by atoms with Crippen molar-refractivity contribution in [3.8, 4) is 23.3 Å². The maximum Gasteiger partial charge on any atom is 0.233 e. The minimum Gasteiger partial charge on any atom is -0.496 e. The van der Waals surface area contributed by atoms with Gasteiger partial charge in [0.15, 0.2) is 0 Å². The van der Waals surface area contributed by atoms with Crippen LogP contribution in [0.1, 0.15) is 11.3 Å². The molecular weight excluding hydrogens is 326 g/mol. The smallest absolute Gasteiger partial charge is 0.233 e. The second-order valence-corrected chi connectivity index (χ2v) is 5.36. The van der Waals surface area contributed by atoms with Crippen LogP contribution in [-0.2, 0) is 6.54 Å². The van der Waals surface area contributed by atoms with Crippen molar-refractivity contribution in [2.24, 2.45) is 0 Å². The molecule has 3 rings (SSSR count). The minimum absolute atomic E-state index is 0.183. The Morgan fingerprint density at radius 1 is 1.21 bits per heavy atom. The lowest BCUT2D eigenvalue weighted by Gasteiger charge is -2.05. The van der Waals surface area contributed by atoms with E-state index in [-0.39, 0.29) is 5.69 Å². The van der Waals surface area contributed by atoms with Gasteiger partial charge in [0.1, 0.15) is 11.8 Å². The van der Waals surface area contributed by atoms with Gasteiger partial charge in [-0.1, -0.05) is 41.9 Å². The van der Waals surface area contributed by atoms with Gasteiger partial charge in [-0.25, -0.2) is 0 Å². The molecule has 0 aliphatic carbocycles. The van der Waals surface area contributed by atoms with Gasteiger partial charge in [0.05, 0.1) is 12.7 Å². The highest BCUT2D eigenvalue weighted by atomic mass is 35.5. The summed E-state index contributed by atoms with van der Waals surface area (Å²) in [6, 6.07) is 16.8. The van der Waals surface area contributed by atoms with Crippen molar-refractivity contribution < 1.29 is 9.15 Å². The van der Waals surface area contributed by atoms with Gasteiger partial charge in [-0.3, -0.25) is 0 Å². The number of hydrogen-bond donors (Lipinski definition) is 1. The van der Waals surface area contributed by atoms with Crippen LogP contribution in [0.5, 0.6) is 5.75 Å². The number of methoxy groups -OCH3 is 1. The number of hydrogen-bond acceptors (Lipinski definition) is 5. The molecule has 0 unspecified atom stereocenters. The Labute approximate surface area is 144 Å². The quantitative estimate of drug-likeness (QED) is 0.741. The summed E-state index contributed by atoms with van der Waals surface area (Å²) in [5, 5.41) is 13.0. The minimum atomic E-state index is 0.183. The molecule has 5 nitrogen and oxygen atoms in total. The van der Waals surface area contributed by atoms with Crippen molar-refractivity contribution in [3.63, 3.8) is 0 Å². The van der Waals surface area contributed by atoms with E-state index in [2.05, 4.69) is 10.3 Å². The Balaban J connectivity index is 1.89. The Hall–Kier alpha value is -2.97. The summed E-state index contributed by atoms with van der Waals surface area (Å²) in [6.07, 6.45) is 0. The first kappa shape index (κ1) is 15.9. The first-order valence-corrected chi connectivity index (χ1v) is 7.62. The Morgan fingerprint density at radius 2 is 1.96 bits per heavy atom. The lowest BCUT2D eigenvalue weighted by molar-refractivity contribution is 0.414. The summed E-state index contributed by atoms with van der Waals surface area (Å²) in [7, 11) is 1.57. The number of rotatable bonds is 5. The van der Waals surface area contributed by atoms with Gasteiger partial charge < -0.3 is 14.5 Å². The summed E-state index contributed by atoms with van der Waals surface area (Å²) in [5.74, 6) is 1.25. The van der Waals surface area contributed by atoms with Crippen LogP contribution in [0.2, 0.25) is 5.02 Å². The molecule has 0 spiro atoms. The molecule has 0 fully saturated rings. The normalized spacial score (nSPS) is 10.2. The van der Waals surface area contributed by atoms with Gasteiger partial charge in [-0.15, -0.1) is 0 Å². The van der Waals surface area contributed by atoms with Gasteiger partial charge in [0.25, 0.3) is 0 Å². The number of anilines is 1. The molecule has 0 amide bonds. The van der Waals surface area contributed by atoms with Crippen molar-refractivity contribution in [2.75, 3.05) is 12.4 Å². The van der Waals surface area contributed by atoms with E-state index in [1.54, 1.807) is 7.11 Å². The number of aromatic nitrogens is 1. The fraction of sp³-hybridized carbons (Fsp3) is 0.111. The zero-order chi connectivity index (χ0) is 16.9. The van der Waals surface area contributed by atoms with Crippen molar-refractivity contribution in [1.82, 2.24) is 4.98 Å². The lowest BCUT2D eigenvalue weighted by Crippen LogP contribution is -2.00. The highest BCUT2D eigenvalue weighted by Gasteiger charge is 2.17. The summed E-state index contributed by atoms with van der Waals surface area (Å²) in [5.41, 5.74) is 1.77. The maximum atomic E-state index is 9.29. The third-order valence-electron chi connectivity index (χ3n) is 3.47. The van der Waals surface area contributed by atoms with Gasteiger partial charge in [-0.05, 0) is 23.8 Å². The molecule has 0 saturated carbocycles. The summed E-state index contributed by atoms with van der Waals surface area (Å²) in [6.45, 7) is 0.426. The van der Waals surface area contributed by atoms with Crippen LogP contribution in [0.4, 0.5) is 5.88 Å². The van der Waals surface area contributed by atoms with Gasteiger partial charge in [-0.2, -0.15) is 10.2 Å². The van der Waals surface area contributed by atoms with E-state index < -0.39 is 0 Å². The van der Waals surface area contributed by atoms with Crippen molar-refractivity contribution in [2.45, 2.75) is 6.54 Å². The third-order valence-corrected chi connectivity index (χ3v) is 3.84. The highest BCUT2D eigenvalue weighted by molar-refractivity contribution is 6.31. The molecule has 0 atom stereocenters. The number of nitriles is 1. The van der Waals surface area contributed by atoms with Crippen molar-refractivity contribution >= 4 is 17.5 Å². The van der Waals surface area contributed by atoms with Crippen molar-refractivity contribution in [1.29, 1.82) is 5.26 Å². The SMILES string of the molecule is COc1ccccc1-c1nc(C#N)c(NCc2ccccc2Cl)o1. The number of benzene rings is 2. The molecule has 0 bridgehead atoms. The van der Waals surface area contributed by atoms with E-state index in [9.17, 15) is 5.26 Å². The number of nitrogens with zero attached hydrogens (tertiary/aromatic N) is 2. The monoisotopic (exact) mass is 339 g/mol. The highest BCUT2D eigenvalue weighted by Crippen LogP contribution is 2.32. The second kappa shape index (κ2) is 7.07. The maximum absolute atomic E-state index is 9.29. The first-order chi connectivity index (χ1) is 11.7. The molecule has 1 heterocycles. The van der Waals surface area contributed by atoms with E-state index in [1.807, 2.05) is 54.6 Å². The number of halogens is 1. The molecular formula is C18H14ClN3O2. The third kappa shape index (κ3) is 3.19. The molecule has 1 aromatic heterocycles. The van der Waals surface area contributed by atoms with Gasteiger partial charge >= 0.3 is 0 Å². The predicted molar refractivity (Wildman–Crippen MR) is 92.0 cm³/mol. The van der Waals surface area contributed by atoms with Crippen LogP contribution in [-0.4, -0.2) is 12.1 Å². The zero-order valence-corrected chi connectivity index (χ0v) is 13.7.